The smallest absolute Gasteiger partial charge is 0.301 e. The molecule has 0 N–H and O–H groups in total. The second-order valence-electron chi connectivity index (χ2n) is 6.23. The maximum atomic E-state index is 12.6. The van der Waals surface area contributed by atoms with Gasteiger partial charge in [0.2, 0.25) is 0 Å². The molecule has 3 heterocycles. The van der Waals surface area contributed by atoms with Crippen LogP contribution in [0.2, 0.25) is 0 Å². The number of anilines is 1. The Morgan fingerprint density at radius 2 is 1.88 bits per heavy atom. The number of fused-ring (bicyclic) bond motifs is 2. The number of rotatable bonds is 2. The van der Waals surface area contributed by atoms with Gasteiger partial charge in [-0.2, -0.15) is 4.98 Å². The SMILES string of the molecule is O=c1nc(N2CCOCC2)oc2c(-c3cc4ccccc4s3)cccc12. The summed E-state index contributed by atoms with van der Waals surface area (Å²) >= 11 is 1.70. The Balaban J connectivity index is 1.71. The van der Waals surface area contributed by atoms with Crippen LogP contribution >= 0.6 is 11.3 Å². The Labute approximate surface area is 153 Å². The molecule has 0 atom stereocenters. The molecule has 26 heavy (non-hydrogen) atoms. The molecule has 0 amide bonds. The summed E-state index contributed by atoms with van der Waals surface area (Å²) in [7, 11) is 0. The van der Waals surface area contributed by atoms with Gasteiger partial charge in [0, 0.05) is 28.2 Å². The minimum atomic E-state index is -0.254. The van der Waals surface area contributed by atoms with Crippen molar-refractivity contribution in [2.24, 2.45) is 0 Å². The zero-order valence-electron chi connectivity index (χ0n) is 14.0. The van der Waals surface area contributed by atoms with Gasteiger partial charge < -0.3 is 14.1 Å². The van der Waals surface area contributed by atoms with Gasteiger partial charge >= 0.3 is 6.01 Å². The molecule has 1 fully saturated rings. The predicted octanol–water partition coefficient (Wildman–Crippen LogP) is 3.91. The van der Waals surface area contributed by atoms with Crippen molar-refractivity contribution in [2.75, 3.05) is 31.2 Å². The fourth-order valence-electron chi connectivity index (χ4n) is 3.28. The molecule has 130 valence electrons. The lowest BCUT2D eigenvalue weighted by molar-refractivity contribution is 0.120. The molecular formula is C20H16N2O3S. The van der Waals surface area contributed by atoms with Crippen LogP contribution in [0, 0.1) is 0 Å². The highest BCUT2D eigenvalue weighted by Gasteiger charge is 2.19. The molecular weight excluding hydrogens is 348 g/mol. The summed E-state index contributed by atoms with van der Waals surface area (Å²) < 4.78 is 12.7. The molecule has 0 spiro atoms. The van der Waals surface area contributed by atoms with Crippen LogP contribution in [0.25, 0.3) is 31.5 Å². The third-order valence-corrected chi connectivity index (χ3v) is 5.76. The Morgan fingerprint density at radius 3 is 2.73 bits per heavy atom. The van der Waals surface area contributed by atoms with Crippen molar-refractivity contribution in [1.29, 1.82) is 0 Å². The average molecular weight is 364 g/mol. The minimum Gasteiger partial charge on any atom is -0.424 e. The van der Waals surface area contributed by atoms with E-state index in [0.717, 1.165) is 10.4 Å². The van der Waals surface area contributed by atoms with E-state index in [1.807, 2.05) is 29.2 Å². The molecule has 1 aliphatic rings. The van der Waals surface area contributed by atoms with Crippen molar-refractivity contribution in [3.8, 4) is 10.4 Å². The summed E-state index contributed by atoms with van der Waals surface area (Å²) in [5, 5.41) is 1.70. The first-order chi connectivity index (χ1) is 12.8. The molecule has 6 heteroatoms. The van der Waals surface area contributed by atoms with Crippen molar-refractivity contribution in [3.63, 3.8) is 0 Å². The summed E-state index contributed by atoms with van der Waals surface area (Å²) in [6, 6.07) is 16.4. The summed E-state index contributed by atoms with van der Waals surface area (Å²) in [6.07, 6.45) is 0. The molecule has 4 aromatic rings. The molecule has 5 rings (SSSR count). The lowest BCUT2D eigenvalue weighted by Crippen LogP contribution is -2.37. The number of aromatic nitrogens is 1. The van der Waals surface area contributed by atoms with E-state index in [2.05, 4.69) is 23.2 Å². The van der Waals surface area contributed by atoms with Gasteiger partial charge in [0.1, 0.15) is 0 Å². The largest absolute Gasteiger partial charge is 0.424 e. The van der Waals surface area contributed by atoms with Gasteiger partial charge in [0.15, 0.2) is 5.58 Å². The molecule has 2 aromatic carbocycles. The lowest BCUT2D eigenvalue weighted by Gasteiger charge is -2.26. The van der Waals surface area contributed by atoms with Crippen molar-refractivity contribution < 1.29 is 9.15 Å². The number of hydrogen-bond acceptors (Lipinski definition) is 6. The van der Waals surface area contributed by atoms with E-state index < -0.39 is 0 Å². The summed E-state index contributed by atoms with van der Waals surface area (Å²) in [4.78, 5) is 19.8. The highest BCUT2D eigenvalue weighted by molar-refractivity contribution is 7.22. The average Bonchev–Trinajstić information content (AvgIpc) is 3.12. The molecule has 0 aliphatic carbocycles. The summed E-state index contributed by atoms with van der Waals surface area (Å²) in [5.74, 6) is 0. The number of thiophene rings is 1. The topological polar surface area (TPSA) is 55.6 Å². The van der Waals surface area contributed by atoms with Gasteiger partial charge in [0.05, 0.1) is 18.6 Å². The van der Waals surface area contributed by atoms with E-state index in [9.17, 15) is 4.79 Å². The number of para-hydroxylation sites is 1. The van der Waals surface area contributed by atoms with E-state index in [0.29, 0.717) is 43.3 Å². The molecule has 1 saturated heterocycles. The standard InChI is InChI=1S/C20H16N2O3S/c23-19-15-6-3-5-14(17-12-13-4-1-2-7-16(13)26-17)18(15)25-20(21-19)22-8-10-24-11-9-22/h1-7,12H,8-11H2. The highest BCUT2D eigenvalue weighted by Crippen LogP contribution is 2.37. The number of benzene rings is 2. The number of morpholine rings is 1. The summed E-state index contributed by atoms with van der Waals surface area (Å²) in [6.45, 7) is 2.57. The Kier molecular flexibility index (Phi) is 3.72. The van der Waals surface area contributed by atoms with Crippen LogP contribution < -0.4 is 10.5 Å². The zero-order chi connectivity index (χ0) is 17.5. The predicted molar refractivity (Wildman–Crippen MR) is 104 cm³/mol. The molecule has 1 aliphatic heterocycles. The summed E-state index contributed by atoms with van der Waals surface area (Å²) in [5.41, 5.74) is 1.27. The lowest BCUT2D eigenvalue weighted by atomic mass is 10.1. The fraction of sp³-hybridized carbons (Fsp3) is 0.200. The first-order valence-electron chi connectivity index (χ1n) is 8.55. The third-order valence-electron chi connectivity index (χ3n) is 4.61. The van der Waals surface area contributed by atoms with Gasteiger partial charge in [-0.05, 0) is 29.7 Å². The highest BCUT2D eigenvalue weighted by atomic mass is 32.1. The zero-order valence-corrected chi connectivity index (χ0v) is 14.8. The molecule has 0 radical (unpaired) electrons. The van der Waals surface area contributed by atoms with Crippen LogP contribution in [0.15, 0.2) is 57.7 Å². The van der Waals surface area contributed by atoms with Crippen LogP contribution in [0.3, 0.4) is 0 Å². The molecule has 5 nitrogen and oxygen atoms in total. The first-order valence-corrected chi connectivity index (χ1v) is 9.37. The van der Waals surface area contributed by atoms with Gasteiger partial charge in [-0.15, -0.1) is 11.3 Å². The Morgan fingerprint density at radius 1 is 1.04 bits per heavy atom. The molecule has 0 unspecified atom stereocenters. The Hall–Kier alpha value is -2.70. The van der Waals surface area contributed by atoms with Crippen molar-refractivity contribution in [1.82, 2.24) is 4.98 Å². The monoisotopic (exact) mass is 364 g/mol. The second-order valence-corrected chi connectivity index (χ2v) is 7.32. The number of hydrogen-bond donors (Lipinski definition) is 0. The van der Waals surface area contributed by atoms with Gasteiger partial charge in [-0.1, -0.05) is 24.3 Å². The molecule has 0 bridgehead atoms. The molecule has 2 aromatic heterocycles. The number of ether oxygens (including phenoxy) is 1. The van der Waals surface area contributed by atoms with Crippen LogP contribution in [0.1, 0.15) is 0 Å². The van der Waals surface area contributed by atoms with Crippen LogP contribution in [-0.4, -0.2) is 31.3 Å². The Bertz CT molecular complexity index is 1130. The maximum Gasteiger partial charge on any atom is 0.301 e. The maximum absolute atomic E-state index is 12.6. The van der Waals surface area contributed by atoms with E-state index in [-0.39, 0.29) is 5.56 Å². The fourth-order valence-corrected chi connectivity index (χ4v) is 4.36. The van der Waals surface area contributed by atoms with Gasteiger partial charge in [-0.3, -0.25) is 4.79 Å². The minimum absolute atomic E-state index is 0.254. The van der Waals surface area contributed by atoms with Gasteiger partial charge in [-0.25, -0.2) is 0 Å². The van der Waals surface area contributed by atoms with Crippen LogP contribution in [0.5, 0.6) is 0 Å². The van der Waals surface area contributed by atoms with Crippen molar-refractivity contribution in [3.05, 3.63) is 58.9 Å². The van der Waals surface area contributed by atoms with Gasteiger partial charge in [0.25, 0.3) is 5.56 Å². The van der Waals surface area contributed by atoms with E-state index in [1.54, 1.807) is 17.4 Å². The van der Waals surface area contributed by atoms with Crippen LogP contribution in [-0.2, 0) is 4.74 Å². The van der Waals surface area contributed by atoms with Crippen molar-refractivity contribution >= 4 is 38.4 Å². The van der Waals surface area contributed by atoms with E-state index in [1.165, 1.54) is 10.1 Å². The molecule has 0 saturated carbocycles. The quantitative estimate of drug-likeness (QED) is 0.540. The van der Waals surface area contributed by atoms with Crippen LogP contribution in [0.4, 0.5) is 6.01 Å². The number of nitrogens with zero attached hydrogens (tertiary/aromatic N) is 2. The van der Waals surface area contributed by atoms with E-state index >= 15 is 0 Å². The first kappa shape index (κ1) is 15.5. The normalized spacial score (nSPS) is 15.0. The third kappa shape index (κ3) is 2.58. The van der Waals surface area contributed by atoms with Crippen molar-refractivity contribution in [2.45, 2.75) is 0 Å². The second kappa shape index (κ2) is 6.23. The van der Waals surface area contributed by atoms with E-state index in [4.69, 9.17) is 9.15 Å².